The first kappa shape index (κ1) is 36.5. The lowest BCUT2D eigenvalue weighted by molar-refractivity contribution is 0.661. The van der Waals surface area contributed by atoms with Crippen molar-refractivity contribution in [3.05, 3.63) is 224 Å². The van der Waals surface area contributed by atoms with Gasteiger partial charge in [-0.25, -0.2) is 0 Å². The summed E-state index contributed by atoms with van der Waals surface area (Å²) in [5.41, 5.74) is 20.4. The monoisotopic (exact) mass is 815 g/mol. The third-order valence-corrected chi connectivity index (χ3v) is 13.9. The number of para-hydroxylation sites is 2. The summed E-state index contributed by atoms with van der Waals surface area (Å²) in [4.78, 5) is 9.46. The predicted molar refractivity (Wildman–Crippen MR) is 268 cm³/mol. The normalized spacial score (nSPS) is 13.0. The maximum Gasteiger partial charge on any atom is 0.0971 e. The smallest absolute Gasteiger partial charge is 0.0971 e. The summed E-state index contributed by atoms with van der Waals surface area (Å²) in [7, 11) is 0. The lowest BCUT2D eigenvalue weighted by atomic mass is 9.81. The molecule has 64 heavy (non-hydrogen) atoms. The van der Waals surface area contributed by atoms with Crippen molar-refractivity contribution in [3.63, 3.8) is 0 Å². The second-order valence-corrected chi connectivity index (χ2v) is 17.8. The van der Waals surface area contributed by atoms with Gasteiger partial charge in [-0.3, -0.25) is 9.97 Å². The summed E-state index contributed by atoms with van der Waals surface area (Å²) in [5, 5.41) is 7.18. The number of aromatic nitrogens is 3. The molecule has 3 heteroatoms. The second-order valence-electron chi connectivity index (χ2n) is 17.8. The molecule has 0 saturated carbocycles. The third kappa shape index (κ3) is 5.54. The first-order chi connectivity index (χ1) is 31.5. The van der Waals surface area contributed by atoms with Crippen LogP contribution in [-0.2, 0) is 5.41 Å². The molecule has 0 unspecified atom stereocenters. The standard InChI is InChI=1S/C61H41N3/c1-61(2)55-35-43(23-27-48(55)49-28-24-44(36-56(49)61)45-25-29-51-50-16-8-9-18-57(50)64(58(51)37-45)46-13-4-3-5-14-46)39-21-19-38(20-22-39)40-11-10-12-41(33-40)42-26-30-53-54(34-42)47-15-6-7-17-52(47)59-60(53)63-32-31-62-59/h3-37H,1-2H3. The maximum absolute atomic E-state index is 4.75. The number of rotatable bonds is 5. The molecule has 1 aliphatic rings. The molecule has 0 amide bonds. The molecule has 0 atom stereocenters. The first-order valence-electron chi connectivity index (χ1n) is 22.1. The Labute approximate surface area is 371 Å². The number of nitrogens with zero attached hydrogens (tertiary/aromatic N) is 3. The first-order valence-corrected chi connectivity index (χ1v) is 22.1. The predicted octanol–water partition coefficient (Wildman–Crippen LogP) is 16.0. The molecule has 0 fully saturated rings. The van der Waals surface area contributed by atoms with Crippen molar-refractivity contribution in [2.75, 3.05) is 0 Å². The molecule has 10 aromatic carbocycles. The van der Waals surface area contributed by atoms with Crippen LogP contribution in [0.25, 0.3) is 116 Å². The highest BCUT2D eigenvalue weighted by Crippen LogP contribution is 2.51. The van der Waals surface area contributed by atoms with Gasteiger partial charge in [0, 0.05) is 45.0 Å². The van der Waals surface area contributed by atoms with E-state index in [1.54, 1.807) is 12.4 Å². The van der Waals surface area contributed by atoms with Gasteiger partial charge in [-0.05, 0) is 126 Å². The fourth-order valence-corrected chi connectivity index (χ4v) is 10.6. The molecule has 0 aliphatic heterocycles. The number of fused-ring (bicyclic) bond motifs is 12. The molecule has 13 rings (SSSR count). The molecular formula is C61H41N3. The Balaban J connectivity index is 0.810. The van der Waals surface area contributed by atoms with Crippen LogP contribution in [0.3, 0.4) is 0 Å². The lowest BCUT2D eigenvalue weighted by Crippen LogP contribution is -2.15. The maximum atomic E-state index is 4.75. The number of benzene rings is 10. The lowest BCUT2D eigenvalue weighted by Gasteiger charge is -2.22. The van der Waals surface area contributed by atoms with Crippen molar-refractivity contribution < 1.29 is 0 Å². The molecule has 12 aromatic rings. The average Bonchev–Trinajstić information content (AvgIpc) is 3.81. The fourth-order valence-electron chi connectivity index (χ4n) is 10.6. The highest BCUT2D eigenvalue weighted by Gasteiger charge is 2.36. The molecule has 0 radical (unpaired) electrons. The topological polar surface area (TPSA) is 30.7 Å². The third-order valence-electron chi connectivity index (χ3n) is 13.9. The van der Waals surface area contributed by atoms with Crippen molar-refractivity contribution >= 4 is 54.4 Å². The van der Waals surface area contributed by atoms with E-state index in [0.29, 0.717) is 0 Å². The average molecular weight is 816 g/mol. The minimum absolute atomic E-state index is 0.157. The van der Waals surface area contributed by atoms with Crippen molar-refractivity contribution in [2.24, 2.45) is 0 Å². The van der Waals surface area contributed by atoms with E-state index < -0.39 is 0 Å². The van der Waals surface area contributed by atoms with E-state index in [-0.39, 0.29) is 5.41 Å². The van der Waals surface area contributed by atoms with Crippen molar-refractivity contribution in [2.45, 2.75) is 19.3 Å². The molecule has 0 bridgehead atoms. The summed E-state index contributed by atoms with van der Waals surface area (Å²) in [6, 6.07) is 73.8. The van der Waals surface area contributed by atoms with E-state index >= 15 is 0 Å². The van der Waals surface area contributed by atoms with Crippen LogP contribution in [0.15, 0.2) is 213 Å². The van der Waals surface area contributed by atoms with Crippen molar-refractivity contribution in [3.8, 4) is 61.3 Å². The zero-order valence-corrected chi connectivity index (χ0v) is 35.5. The Bertz CT molecular complexity index is 3820. The molecule has 2 aromatic heterocycles. The minimum Gasteiger partial charge on any atom is -0.309 e. The van der Waals surface area contributed by atoms with E-state index in [1.165, 1.54) is 105 Å². The molecule has 2 heterocycles. The van der Waals surface area contributed by atoms with E-state index in [2.05, 4.69) is 219 Å². The molecule has 3 nitrogen and oxygen atoms in total. The van der Waals surface area contributed by atoms with Gasteiger partial charge in [-0.2, -0.15) is 0 Å². The van der Waals surface area contributed by atoms with Crippen molar-refractivity contribution in [1.82, 2.24) is 14.5 Å². The molecule has 0 N–H and O–H groups in total. The van der Waals surface area contributed by atoms with Crippen LogP contribution in [0.4, 0.5) is 0 Å². The Hall–Kier alpha value is -8.14. The largest absolute Gasteiger partial charge is 0.309 e. The molecule has 0 spiro atoms. The van der Waals surface area contributed by atoms with Gasteiger partial charge in [0.25, 0.3) is 0 Å². The molecule has 300 valence electrons. The van der Waals surface area contributed by atoms with Gasteiger partial charge >= 0.3 is 0 Å². The van der Waals surface area contributed by atoms with Crippen LogP contribution in [-0.4, -0.2) is 14.5 Å². The molecule has 1 aliphatic carbocycles. The van der Waals surface area contributed by atoms with E-state index in [0.717, 1.165) is 21.8 Å². The van der Waals surface area contributed by atoms with E-state index in [4.69, 9.17) is 9.97 Å². The van der Waals surface area contributed by atoms with Gasteiger partial charge in [0.1, 0.15) is 0 Å². The van der Waals surface area contributed by atoms with Crippen LogP contribution in [0.1, 0.15) is 25.0 Å². The van der Waals surface area contributed by atoms with Crippen LogP contribution in [0.2, 0.25) is 0 Å². The van der Waals surface area contributed by atoms with Gasteiger partial charge in [-0.1, -0.05) is 166 Å². The van der Waals surface area contributed by atoms with Gasteiger partial charge < -0.3 is 4.57 Å². The number of hydrogen-bond acceptors (Lipinski definition) is 2. The fraction of sp³-hybridized carbons (Fsp3) is 0.0492. The minimum atomic E-state index is -0.157. The highest BCUT2D eigenvalue weighted by molar-refractivity contribution is 6.23. The Morgan fingerprint density at radius 3 is 1.48 bits per heavy atom. The van der Waals surface area contributed by atoms with Crippen molar-refractivity contribution in [1.29, 1.82) is 0 Å². The van der Waals surface area contributed by atoms with Crippen LogP contribution < -0.4 is 0 Å². The summed E-state index contributed by atoms with van der Waals surface area (Å²) in [5.74, 6) is 0. The zero-order valence-electron chi connectivity index (χ0n) is 35.5. The summed E-state index contributed by atoms with van der Waals surface area (Å²) >= 11 is 0. The van der Waals surface area contributed by atoms with Gasteiger partial charge in [-0.15, -0.1) is 0 Å². The molecular weight excluding hydrogens is 775 g/mol. The highest BCUT2D eigenvalue weighted by atomic mass is 15.0. The van der Waals surface area contributed by atoms with E-state index in [9.17, 15) is 0 Å². The second kappa shape index (κ2) is 13.9. The SMILES string of the molecule is CC1(C)c2cc(-c3ccc(-c4cccc(-c5ccc6c(c5)c5ccccc5c5nccnc65)c4)cc3)ccc2-c2ccc(-c3ccc4c5ccccc5n(-c5ccccc5)c4c3)cc21. The Kier molecular flexibility index (Phi) is 7.95. The van der Waals surface area contributed by atoms with Gasteiger partial charge in [0.05, 0.1) is 22.1 Å². The van der Waals surface area contributed by atoms with Crippen LogP contribution in [0, 0.1) is 0 Å². The summed E-state index contributed by atoms with van der Waals surface area (Å²) in [6.45, 7) is 4.76. The molecule has 0 saturated heterocycles. The Morgan fingerprint density at radius 1 is 0.328 bits per heavy atom. The van der Waals surface area contributed by atoms with Crippen LogP contribution in [0.5, 0.6) is 0 Å². The summed E-state index contributed by atoms with van der Waals surface area (Å²) < 4.78 is 2.40. The Morgan fingerprint density at radius 2 is 0.797 bits per heavy atom. The van der Waals surface area contributed by atoms with Gasteiger partial charge in [0.2, 0.25) is 0 Å². The van der Waals surface area contributed by atoms with E-state index in [1.807, 2.05) is 0 Å². The zero-order chi connectivity index (χ0) is 42.5. The summed E-state index contributed by atoms with van der Waals surface area (Å²) in [6.07, 6.45) is 3.57. The quantitative estimate of drug-likeness (QED) is 0.162. The van der Waals surface area contributed by atoms with Gasteiger partial charge in [0.15, 0.2) is 0 Å². The number of hydrogen-bond donors (Lipinski definition) is 0. The van der Waals surface area contributed by atoms with Crippen LogP contribution >= 0.6 is 0 Å².